The van der Waals surface area contributed by atoms with Crippen molar-refractivity contribution in [1.82, 2.24) is 0 Å². The first-order chi connectivity index (χ1) is 15.5. The van der Waals surface area contributed by atoms with Crippen LogP contribution < -0.4 is 14.7 Å². The van der Waals surface area contributed by atoms with E-state index in [9.17, 15) is 14.7 Å². The lowest BCUT2D eigenvalue weighted by Crippen LogP contribution is -2.37. The Kier molecular flexibility index (Phi) is 5.11. The van der Waals surface area contributed by atoms with Gasteiger partial charge in [0, 0.05) is 10.0 Å². The molecular weight excluding hydrogens is 476 g/mol. The van der Waals surface area contributed by atoms with Crippen LogP contribution in [0.15, 0.2) is 77.3 Å². The van der Waals surface area contributed by atoms with Crippen molar-refractivity contribution in [3.63, 3.8) is 0 Å². The number of amides is 2. The van der Waals surface area contributed by atoms with Crippen LogP contribution in [0.3, 0.4) is 0 Å². The molecule has 2 saturated heterocycles. The van der Waals surface area contributed by atoms with Crippen molar-refractivity contribution in [2.75, 3.05) is 17.1 Å². The number of ether oxygens (including phenoxy) is 1. The molecule has 0 aliphatic carbocycles. The van der Waals surface area contributed by atoms with E-state index < -0.39 is 24.0 Å². The van der Waals surface area contributed by atoms with E-state index in [1.165, 1.54) is 7.11 Å². The van der Waals surface area contributed by atoms with Crippen molar-refractivity contribution < 1.29 is 24.3 Å². The number of hydrogen-bond donors (Lipinski definition) is 1. The molecule has 0 radical (unpaired) electrons. The summed E-state index contributed by atoms with van der Waals surface area (Å²) >= 11 is 3.37. The molecule has 0 unspecified atom stereocenters. The Morgan fingerprint density at radius 1 is 0.906 bits per heavy atom. The summed E-state index contributed by atoms with van der Waals surface area (Å²) in [6.07, 6.45) is -1.01. The Bertz CT molecular complexity index is 1180. The number of phenolic OH excluding ortho intramolecular Hbond substituents is 1. The average Bonchev–Trinajstić information content (AvgIpc) is 3.31. The molecule has 0 saturated carbocycles. The van der Waals surface area contributed by atoms with Gasteiger partial charge in [-0.2, -0.15) is 0 Å². The first-order valence-electron chi connectivity index (χ1n) is 10.0. The highest BCUT2D eigenvalue weighted by molar-refractivity contribution is 9.10. The molecule has 7 nitrogen and oxygen atoms in total. The van der Waals surface area contributed by atoms with E-state index in [1.54, 1.807) is 47.5 Å². The average molecular weight is 495 g/mol. The van der Waals surface area contributed by atoms with E-state index in [0.29, 0.717) is 16.9 Å². The second-order valence-electron chi connectivity index (χ2n) is 7.54. The zero-order chi connectivity index (χ0) is 22.4. The minimum atomic E-state index is -1.01. The zero-order valence-electron chi connectivity index (χ0n) is 17.0. The summed E-state index contributed by atoms with van der Waals surface area (Å²) in [6.45, 7) is 0. The van der Waals surface area contributed by atoms with Crippen LogP contribution in [0, 0.1) is 5.92 Å². The number of nitrogens with zero attached hydrogens (tertiary/aromatic N) is 2. The molecule has 2 aliphatic rings. The molecule has 0 bridgehead atoms. The summed E-state index contributed by atoms with van der Waals surface area (Å²) in [5.74, 6) is -1.47. The van der Waals surface area contributed by atoms with E-state index in [-0.39, 0.29) is 17.4 Å². The maximum absolute atomic E-state index is 13.6. The van der Waals surface area contributed by atoms with Crippen LogP contribution >= 0.6 is 15.9 Å². The third kappa shape index (κ3) is 3.14. The van der Waals surface area contributed by atoms with Crippen molar-refractivity contribution in [2.24, 2.45) is 5.92 Å². The van der Waals surface area contributed by atoms with Gasteiger partial charge in [-0.15, -0.1) is 0 Å². The number of halogens is 1. The molecule has 3 aromatic carbocycles. The van der Waals surface area contributed by atoms with Gasteiger partial charge >= 0.3 is 0 Å². The van der Waals surface area contributed by atoms with Crippen molar-refractivity contribution in [2.45, 2.75) is 12.1 Å². The van der Waals surface area contributed by atoms with Gasteiger partial charge in [-0.3, -0.25) is 14.4 Å². The monoisotopic (exact) mass is 494 g/mol. The fourth-order valence-corrected chi connectivity index (χ4v) is 4.58. The van der Waals surface area contributed by atoms with Crippen molar-refractivity contribution >= 4 is 39.1 Å². The molecule has 2 aliphatic heterocycles. The number of hydroxylamine groups is 1. The predicted octanol–water partition coefficient (Wildman–Crippen LogP) is 4.21. The maximum atomic E-state index is 13.6. The Labute approximate surface area is 192 Å². The zero-order valence-corrected chi connectivity index (χ0v) is 18.6. The number of benzene rings is 3. The maximum Gasteiger partial charge on any atom is 0.266 e. The van der Waals surface area contributed by atoms with Crippen LogP contribution in [0.5, 0.6) is 11.5 Å². The van der Waals surface area contributed by atoms with Gasteiger partial charge in [0.15, 0.2) is 17.6 Å². The lowest BCUT2D eigenvalue weighted by atomic mass is 9.90. The number of anilines is 2. The third-order valence-corrected chi connectivity index (χ3v) is 6.31. The SMILES string of the molecule is COc1cccc([C@H]2[C@@H]3C(=O)N(c4ccc(Br)cc4)C(=O)[C@@H]3ON2c2ccccc2)c1O. The van der Waals surface area contributed by atoms with Crippen LogP contribution in [0.1, 0.15) is 11.6 Å². The molecule has 0 aromatic heterocycles. The van der Waals surface area contributed by atoms with Crippen LogP contribution in [0.25, 0.3) is 0 Å². The summed E-state index contributed by atoms with van der Waals surface area (Å²) in [7, 11) is 1.46. The molecule has 2 heterocycles. The summed E-state index contributed by atoms with van der Waals surface area (Å²) in [5.41, 5.74) is 1.59. The van der Waals surface area contributed by atoms with E-state index in [0.717, 1.165) is 9.37 Å². The number of para-hydroxylation sites is 2. The third-order valence-electron chi connectivity index (χ3n) is 5.78. The smallest absolute Gasteiger partial charge is 0.266 e. The molecule has 5 rings (SSSR count). The Balaban J connectivity index is 1.62. The fraction of sp³-hybridized carbons (Fsp3) is 0.167. The van der Waals surface area contributed by atoms with Crippen LogP contribution in [-0.2, 0) is 14.4 Å². The topological polar surface area (TPSA) is 79.3 Å². The summed E-state index contributed by atoms with van der Waals surface area (Å²) in [6, 6.07) is 20.5. The fourth-order valence-electron chi connectivity index (χ4n) is 4.32. The van der Waals surface area contributed by atoms with Crippen LogP contribution in [0.4, 0.5) is 11.4 Å². The van der Waals surface area contributed by atoms with E-state index in [4.69, 9.17) is 9.57 Å². The highest BCUT2D eigenvalue weighted by Gasteiger charge is 2.60. The van der Waals surface area contributed by atoms with Crippen LogP contribution in [0.2, 0.25) is 0 Å². The minimum absolute atomic E-state index is 0.0903. The number of aromatic hydroxyl groups is 1. The number of methoxy groups -OCH3 is 1. The first kappa shape index (κ1) is 20.5. The number of phenols is 1. The number of rotatable bonds is 4. The van der Waals surface area contributed by atoms with Gasteiger partial charge in [-0.05, 0) is 42.5 Å². The Morgan fingerprint density at radius 3 is 2.31 bits per heavy atom. The van der Waals surface area contributed by atoms with Crippen molar-refractivity contribution in [3.05, 3.63) is 82.8 Å². The second kappa shape index (κ2) is 7.96. The summed E-state index contributed by atoms with van der Waals surface area (Å²) in [5, 5.41) is 12.4. The van der Waals surface area contributed by atoms with Crippen molar-refractivity contribution in [3.8, 4) is 11.5 Å². The first-order valence-corrected chi connectivity index (χ1v) is 10.8. The van der Waals surface area contributed by atoms with Crippen LogP contribution in [-0.4, -0.2) is 30.1 Å². The molecule has 8 heteroatoms. The molecule has 32 heavy (non-hydrogen) atoms. The minimum Gasteiger partial charge on any atom is -0.504 e. The number of hydrogen-bond acceptors (Lipinski definition) is 6. The number of imide groups is 1. The Hall–Kier alpha value is -3.36. The molecule has 3 atom stereocenters. The van der Waals surface area contributed by atoms with Gasteiger partial charge in [0.1, 0.15) is 12.0 Å². The van der Waals surface area contributed by atoms with E-state index in [1.807, 2.05) is 30.3 Å². The number of carbonyl (C=O) groups is 2. The summed E-state index contributed by atoms with van der Waals surface area (Å²) < 4.78 is 6.11. The largest absolute Gasteiger partial charge is 0.504 e. The molecular formula is C24H19BrN2O5. The lowest BCUT2D eigenvalue weighted by Gasteiger charge is -2.29. The standard InChI is InChI=1S/C24H19BrN2O5/c1-31-18-9-5-8-17(21(18)28)20-19-22(32-27(20)16-6-3-2-4-7-16)24(30)26(23(19)29)15-12-10-14(25)11-13-15/h2-13,19-20,22,28H,1H3/t19-,20-,22+/m0/s1. The Morgan fingerprint density at radius 2 is 1.62 bits per heavy atom. The normalized spacial score (nSPS) is 22.4. The van der Waals surface area contributed by atoms with E-state index >= 15 is 0 Å². The predicted molar refractivity (Wildman–Crippen MR) is 121 cm³/mol. The van der Waals surface area contributed by atoms with Gasteiger partial charge in [-0.1, -0.05) is 46.3 Å². The lowest BCUT2D eigenvalue weighted by molar-refractivity contribution is -0.126. The van der Waals surface area contributed by atoms with Gasteiger partial charge in [0.05, 0.1) is 18.5 Å². The molecule has 2 fully saturated rings. The number of fused-ring (bicyclic) bond motifs is 1. The molecule has 162 valence electrons. The molecule has 2 amide bonds. The second-order valence-corrected chi connectivity index (χ2v) is 8.46. The molecule has 0 spiro atoms. The summed E-state index contributed by atoms with van der Waals surface area (Å²) in [4.78, 5) is 34.1. The quantitative estimate of drug-likeness (QED) is 0.547. The highest BCUT2D eigenvalue weighted by Crippen LogP contribution is 2.50. The van der Waals surface area contributed by atoms with E-state index in [2.05, 4.69) is 15.9 Å². The van der Waals surface area contributed by atoms with Gasteiger partial charge in [0.25, 0.3) is 5.91 Å². The molecule has 3 aromatic rings. The van der Waals surface area contributed by atoms with Gasteiger partial charge < -0.3 is 9.84 Å². The van der Waals surface area contributed by atoms with Gasteiger partial charge in [-0.25, -0.2) is 9.96 Å². The van der Waals surface area contributed by atoms with Gasteiger partial charge in [0.2, 0.25) is 5.91 Å². The van der Waals surface area contributed by atoms with Crippen molar-refractivity contribution in [1.29, 1.82) is 0 Å². The highest BCUT2D eigenvalue weighted by atomic mass is 79.9. The number of carbonyl (C=O) groups excluding carboxylic acids is 2. The molecule has 1 N–H and O–H groups in total.